The number of halogens is 3. The summed E-state index contributed by atoms with van der Waals surface area (Å²) in [6.07, 6.45) is -4.56. The van der Waals surface area contributed by atoms with Crippen molar-refractivity contribution < 1.29 is 31.1 Å². The Morgan fingerprint density at radius 3 is 2.30 bits per heavy atom. The summed E-state index contributed by atoms with van der Waals surface area (Å²) < 4.78 is 69.1. The summed E-state index contributed by atoms with van der Waals surface area (Å²) in [6.45, 7) is 0.276. The van der Waals surface area contributed by atoms with E-state index in [1.54, 1.807) is 4.90 Å². The topological polar surface area (TPSA) is 70.2 Å². The molecular weight excluding hydrogens is 387 g/mol. The minimum atomic E-state index is -4.56. The summed E-state index contributed by atoms with van der Waals surface area (Å²) in [6, 6.07) is 3.94. The molecule has 1 fully saturated rings. The van der Waals surface area contributed by atoms with Crippen LogP contribution in [0.25, 0.3) is 0 Å². The van der Waals surface area contributed by atoms with Crippen LogP contribution in [0.4, 0.5) is 18.9 Å². The Labute approximate surface area is 156 Å². The van der Waals surface area contributed by atoms with E-state index < -0.39 is 28.7 Å². The highest BCUT2D eigenvalue weighted by molar-refractivity contribution is 7.89. The van der Waals surface area contributed by atoms with Crippen LogP contribution in [0.1, 0.15) is 10.4 Å². The van der Waals surface area contributed by atoms with Crippen molar-refractivity contribution in [1.82, 2.24) is 9.21 Å². The van der Waals surface area contributed by atoms with Crippen molar-refractivity contribution in [2.24, 2.45) is 0 Å². The molecule has 1 heterocycles. The molecule has 0 saturated carbocycles. The third kappa shape index (κ3) is 5.11. The van der Waals surface area contributed by atoms with Crippen LogP contribution >= 0.6 is 0 Å². The van der Waals surface area contributed by atoms with Crippen LogP contribution in [0.3, 0.4) is 0 Å². The van der Waals surface area contributed by atoms with Gasteiger partial charge >= 0.3 is 6.18 Å². The Kier molecular flexibility index (Phi) is 6.38. The highest BCUT2D eigenvalue weighted by Crippen LogP contribution is 2.28. The van der Waals surface area contributed by atoms with Crippen LogP contribution in [-0.4, -0.2) is 83.7 Å². The van der Waals surface area contributed by atoms with E-state index in [-0.39, 0.29) is 10.5 Å². The highest BCUT2D eigenvalue weighted by Gasteiger charge is 2.33. The van der Waals surface area contributed by atoms with Crippen LogP contribution in [0.5, 0.6) is 0 Å². The van der Waals surface area contributed by atoms with E-state index >= 15 is 0 Å². The average molecular weight is 409 g/mol. The van der Waals surface area contributed by atoms with E-state index in [9.17, 15) is 26.4 Å². The average Bonchev–Trinajstić information content (AvgIpc) is 2.59. The SMILES string of the molecule is CN(CC(F)(F)F)C(=O)c1cc(S(=O)(=O)N(C)C)ccc1N1CCOCC1. The molecule has 0 bridgehead atoms. The molecule has 0 atom stereocenters. The first-order valence-electron chi connectivity index (χ1n) is 8.15. The number of benzene rings is 1. The molecule has 1 aromatic rings. The first kappa shape index (κ1) is 21.5. The highest BCUT2D eigenvalue weighted by atomic mass is 32.2. The van der Waals surface area contributed by atoms with E-state index in [0.717, 1.165) is 17.4 Å². The van der Waals surface area contributed by atoms with Crippen molar-refractivity contribution in [2.75, 3.05) is 58.9 Å². The summed E-state index contributed by atoms with van der Waals surface area (Å²) >= 11 is 0. The number of hydrogen-bond donors (Lipinski definition) is 0. The van der Waals surface area contributed by atoms with Crippen molar-refractivity contribution >= 4 is 21.6 Å². The lowest BCUT2D eigenvalue weighted by atomic mass is 10.1. The predicted octanol–water partition coefficient (Wildman–Crippen LogP) is 1.41. The summed E-state index contributed by atoms with van der Waals surface area (Å²) in [7, 11) is -0.139. The molecule has 0 aromatic heterocycles. The summed E-state index contributed by atoms with van der Waals surface area (Å²) in [5.74, 6) is -0.898. The number of morpholine rings is 1. The van der Waals surface area contributed by atoms with Gasteiger partial charge in [0.25, 0.3) is 5.91 Å². The van der Waals surface area contributed by atoms with E-state index in [4.69, 9.17) is 4.74 Å². The quantitative estimate of drug-likeness (QED) is 0.736. The number of anilines is 1. The Balaban J connectivity index is 2.50. The van der Waals surface area contributed by atoms with Gasteiger partial charge in [0.05, 0.1) is 23.7 Å². The second-order valence-electron chi connectivity index (χ2n) is 6.34. The molecule has 27 heavy (non-hydrogen) atoms. The van der Waals surface area contributed by atoms with Gasteiger partial charge in [0.1, 0.15) is 6.54 Å². The molecule has 1 aliphatic rings. The normalized spacial score (nSPS) is 15.9. The number of sulfonamides is 1. The molecule has 0 spiro atoms. The molecule has 1 aliphatic heterocycles. The fourth-order valence-electron chi connectivity index (χ4n) is 2.68. The number of rotatable bonds is 5. The molecule has 1 amide bonds. The Morgan fingerprint density at radius 1 is 1.19 bits per heavy atom. The van der Waals surface area contributed by atoms with Gasteiger partial charge in [-0.2, -0.15) is 13.2 Å². The zero-order valence-corrected chi connectivity index (χ0v) is 16.1. The zero-order valence-electron chi connectivity index (χ0n) is 15.3. The van der Waals surface area contributed by atoms with Gasteiger partial charge in [0.2, 0.25) is 10.0 Å². The number of alkyl halides is 3. The van der Waals surface area contributed by atoms with Gasteiger partial charge in [-0.25, -0.2) is 12.7 Å². The van der Waals surface area contributed by atoms with Gasteiger partial charge in [-0.3, -0.25) is 4.79 Å². The van der Waals surface area contributed by atoms with E-state index in [0.29, 0.717) is 36.9 Å². The van der Waals surface area contributed by atoms with Crippen molar-refractivity contribution in [2.45, 2.75) is 11.1 Å². The lowest BCUT2D eigenvalue weighted by Crippen LogP contribution is -2.40. The zero-order chi connectivity index (χ0) is 20.4. The molecule has 2 rings (SSSR count). The van der Waals surface area contributed by atoms with Crippen LogP contribution in [-0.2, 0) is 14.8 Å². The van der Waals surface area contributed by atoms with Gasteiger partial charge in [-0.1, -0.05) is 0 Å². The van der Waals surface area contributed by atoms with Crippen molar-refractivity contribution in [3.63, 3.8) is 0 Å². The number of carbonyl (C=O) groups excluding carboxylic acids is 1. The molecule has 0 aliphatic carbocycles. The molecule has 1 aromatic carbocycles. The monoisotopic (exact) mass is 409 g/mol. The Hall–Kier alpha value is -1.85. The molecule has 11 heteroatoms. The summed E-state index contributed by atoms with van der Waals surface area (Å²) in [5, 5.41) is 0. The predicted molar refractivity (Wildman–Crippen MR) is 93.4 cm³/mol. The van der Waals surface area contributed by atoms with Crippen molar-refractivity contribution in [1.29, 1.82) is 0 Å². The van der Waals surface area contributed by atoms with Gasteiger partial charge in [0.15, 0.2) is 0 Å². The van der Waals surface area contributed by atoms with Gasteiger partial charge in [-0.05, 0) is 18.2 Å². The molecule has 0 unspecified atom stereocenters. The van der Waals surface area contributed by atoms with Crippen LogP contribution < -0.4 is 4.90 Å². The third-order valence-electron chi connectivity index (χ3n) is 4.09. The van der Waals surface area contributed by atoms with Gasteiger partial charge in [-0.15, -0.1) is 0 Å². The Bertz CT molecular complexity index is 791. The maximum absolute atomic E-state index is 12.7. The van der Waals surface area contributed by atoms with Gasteiger partial charge < -0.3 is 14.5 Å². The maximum atomic E-state index is 12.7. The number of amides is 1. The number of hydrogen-bond acceptors (Lipinski definition) is 5. The summed E-state index contributed by atoms with van der Waals surface area (Å²) in [4.78, 5) is 14.9. The molecule has 1 saturated heterocycles. The van der Waals surface area contributed by atoms with E-state index in [1.165, 1.54) is 26.2 Å². The van der Waals surface area contributed by atoms with Crippen LogP contribution in [0, 0.1) is 0 Å². The van der Waals surface area contributed by atoms with E-state index in [2.05, 4.69) is 0 Å². The number of ether oxygens (including phenoxy) is 1. The first-order valence-corrected chi connectivity index (χ1v) is 9.59. The van der Waals surface area contributed by atoms with Crippen LogP contribution in [0.15, 0.2) is 23.1 Å². The minimum Gasteiger partial charge on any atom is -0.378 e. The smallest absolute Gasteiger partial charge is 0.378 e. The molecule has 152 valence electrons. The molecule has 0 radical (unpaired) electrons. The lowest BCUT2D eigenvalue weighted by molar-refractivity contribution is -0.138. The number of carbonyl (C=O) groups is 1. The maximum Gasteiger partial charge on any atom is 0.406 e. The molecule has 7 nitrogen and oxygen atoms in total. The lowest BCUT2D eigenvalue weighted by Gasteiger charge is -2.31. The third-order valence-corrected chi connectivity index (χ3v) is 5.90. The first-order chi connectivity index (χ1) is 12.4. The fraction of sp³-hybridized carbons (Fsp3) is 0.562. The number of nitrogens with zero attached hydrogens (tertiary/aromatic N) is 3. The second-order valence-corrected chi connectivity index (χ2v) is 8.49. The second kappa shape index (κ2) is 8.03. The largest absolute Gasteiger partial charge is 0.406 e. The van der Waals surface area contributed by atoms with Crippen molar-refractivity contribution in [3.8, 4) is 0 Å². The van der Waals surface area contributed by atoms with Gasteiger partial charge in [0, 0.05) is 39.9 Å². The summed E-state index contributed by atoms with van der Waals surface area (Å²) in [5.41, 5.74) is 0.293. The van der Waals surface area contributed by atoms with E-state index in [1.807, 2.05) is 0 Å². The molecule has 0 N–H and O–H groups in total. The Morgan fingerprint density at radius 2 is 1.78 bits per heavy atom. The van der Waals surface area contributed by atoms with Crippen molar-refractivity contribution in [3.05, 3.63) is 23.8 Å². The fourth-order valence-corrected chi connectivity index (χ4v) is 3.61. The molecular formula is C16H22F3N3O4S. The van der Waals surface area contributed by atoms with Crippen LogP contribution in [0.2, 0.25) is 0 Å². The minimum absolute atomic E-state index is 0.0911. The standard InChI is InChI=1S/C16H22F3N3O4S/c1-20(2)27(24,25)12-4-5-14(22-6-8-26-9-7-22)13(10-12)15(23)21(3)11-16(17,18)19/h4-5,10H,6-9,11H2,1-3H3.